The van der Waals surface area contributed by atoms with Crippen LogP contribution in [0.2, 0.25) is 0 Å². The molecule has 0 bridgehead atoms. The molecule has 5 rings (SSSR count). The van der Waals surface area contributed by atoms with E-state index in [1.54, 1.807) is 24.3 Å². The molecular weight excluding hydrogens is 456 g/mol. The molecule has 3 aromatic heterocycles. The lowest BCUT2D eigenvalue weighted by atomic mass is 10.2. The van der Waals surface area contributed by atoms with Gasteiger partial charge in [0.05, 0.1) is 15.5 Å². The molecule has 34 heavy (non-hydrogen) atoms. The minimum atomic E-state index is -0.482. The van der Waals surface area contributed by atoms with Crippen molar-refractivity contribution in [1.29, 1.82) is 0 Å². The Bertz CT molecular complexity index is 1470. The summed E-state index contributed by atoms with van der Waals surface area (Å²) in [5.74, 6) is 0.159. The number of nitro benzene ring substituents is 1. The molecule has 3 heterocycles. The topological polar surface area (TPSA) is 136 Å². The number of rotatable bonds is 6. The highest BCUT2D eigenvalue weighted by molar-refractivity contribution is 7.13. The predicted octanol–water partition coefficient (Wildman–Crippen LogP) is 3.73. The molecule has 0 saturated heterocycles. The summed E-state index contributed by atoms with van der Waals surface area (Å²) in [5, 5.41) is 20.1. The molecule has 11 heteroatoms. The maximum Gasteiger partial charge on any atom is 0.269 e. The highest BCUT2D eigenvalue weighted by Crippen LogP contribution is 2.28. The number of benzene rings is 1. The zero-order valence-corrected chi connectivity index (χ0v) is 18.5. The van der Waals surface area contributed by atoms with Gasteiger partial charge in [-0.3, -0.25) is 24.7 Å². The number of nitrogens with zero attached hydrogens (tertiary/aromatic N) is 4. The highest BCUT2D eigenvalue weighted by atomic mass is 32.1. The normalized spacial score (nSPS) is 12.7. The fraction of sp³-hybridized carbons (Fsp3) is 0.130. The summed E-state index contributed by atoms with van der Waals surface area (Å²) in [4.78, 5) is 43.8. The van der Waals surface area contributed by atoms with E-state index in [1.165, 1.54) is 34.2 Å². The van der Waals surface area contributed by atoms with Crippen molar-refractivity contribution in [2.75, 3.05) is 5.32 Å². The Morgan fingerprint density at radius 3 is 2.79 bits per heavy atom. The van der Waals surface area contributed by atoms with Crippen LogP contribution in [0.3, 0.4) is 0 Å². The van der Waals surface area contributed by atoms with Crippen molar-refractivity contribution >= 4 is 34.8 Å². The zero-order chi connectivity index (χ0) is 23.7. The first-order chi connectivity index (χ1) is 16.5. The van der Waals surface area contributed by atoms with Crippen LogP contribution in [0.15, 0.2) is 58.7 Å². The number of aryl methyl sites for hydroxylation is 1. The number of nitro groups is 1. The van der Waals surface area contributed by atoms with Crippen LogP contribution >= 0.6 is 11.3 Å². The van der Waals surface area contributed by atoms with Crippen molar-refractivity contribution in [3.8, 4) is 16.5 Å². The number of aromatic amines is 1. The third-order valence-electron chi connectivity index (χ3n) is 5.39. The van der Waals surface area contributed by atoms with E-state index in [1.807, 2.05) is 17.5 Å². The standard InChI is InChI=1S/C23H18N6O4S/c30-21(11-8-14-6-9-15(10-7-14)29(32)33)25-20-13-18(19-5-2-12-34-19)27-28(20)23-24-17-4-1-3-16(17)22(31)26-23/h2,5-13H,1,3-4H2,(H,25,30)(H,24,26,31)/b11-8-. The molecule has 1 aliphatic carbocycles. The number of amides is 1. The monoisotopic (exact) mass is 474 g/mol. The van der Waals surface area contributed by atoms with Crippen LogP contribution < -0.4 is 10.9 Å². The van der Waals surface area contributed by atoms with Gasteiger partial charge in [0.2, 0.25) is 11.9 Å². The molecule has 1 amide bonds. The smallest absolute Gasteiger partial charge is 0.269 e. The number of nitrogens with one attached hydrogen (secondary N) is 2. The van der Waals surface area contributed by atoms with Crippen molar-refractivity contribution in [2.24, 2.45) is 0 Å². The average molecular weight is 475 g/mol. The van der Waals surface area contributed by atoms with Gasteiger partial charge >= 0.3 is 0 Å². The summed E-state index contributed by atoms with van der Waals surface area (Å²) in [6, 6.07) is 11.4. The van der Waals surface area contributed by atoms with Gasteiger partial charge in [-0.05, 0) is 54.5 Å². The van der Waals surface area contributed by atoms with E-state index in [9.17, 15) is 19.7 Å². The third kappa shape index (κ3) is 4.28. The van der Waals surface area contributed by atoms with E-state index in [0.717, 1.165) is 23.4 Å². The summed E-state index contributed by atoms with van der Waals surface area (Å²) >= 11 is 1.50. The fourth-order valence-electron chi connectivity index (χ4n) is 3.75. The molecule has 0 fully saturated rings. The summed E-state index contributed by atoms with van der Waals surface area (Å²) in [6.07, 6.45) is 5.18. The first-order valence-electron chi connectivity index (χ1n) is 10.5. The number of fused-ring (bicyclic) bond motifs is 1. The number of carbonyl (C=O) groups excluding carboxylic acids is 1. The van der Waals surface area contributed by atoms with Gasteiger partial charge in [0.15, 0.2) is 0 Å². The van der Waals surface area contributed by atoms with Crippen LogP contribution in [-0.4, -0.2) is 30.6 Å². The first-order valence-corrected chi connectivity index (χ1v) is 11.4. The quantitative estimate of drug-likeness (QED) is 0.248. The van der Waals surface area contributed by atoms with Gasteiger partial charge in [0, 0.05) is 29.8 Å². The zero-order valence-electron chi connectivity index (χ0n) is 17.7. The summed E-state index contributed by atoms with van der Waals surface area (Å²) in [7, 11) is 0. The van der Waals surface area contributed by atoms with Crippen molar-refractivity contribution < 1.29 is 9.72 Å². The Morgan fingerprint density at radius 1 is 1.24 bits per heavy atom. The summed E-state index contributed by atoms with van der Waals surface area (Å²) in [5.41, 5.74) is 2.50. The molecule has 1 aromatic carbocycles. The maximum atomic E-state index is 12.7. The molecular formula is C23H18N6O4S. The molecule has 1 aliphatic rings. The number of thiophene rings is 1. The minimum absolute atomic E-state index is 0.0255. The van der Waals surface area contributed by atoms with Crippen LogP contribution in [0.4, 0.5) is 11.5 Å². The van der Waals surface area contributed by atoms with Crippen molar-refractivity contribution in [2.45, 2.75) is 19.3 Å². The molecule has 0 unspecified atom stereocenters. The van der Waals surface area contributed by atoms with Gasteiger partial charge in [0.25, 0.3) is 11.2 Å². The second kappa shape index (κ2) is 8.87. The Kier molecular flexibility index (Phi) is 5.60. The SMILES string of the molecule is O=C(/C=C\c1ccc([N+](=O)[O-])cc1)Nc1cc(-c2cccs2)nn1-c1nc2c(c(=O)[nH]1)CCC2. The molecule has 2 N–H and O–H groups in total. The number of hydrogen-bond acceptors (Lipinski definition) is 7. The molecule has 0 radical (unpaired) electrons. The maximum absolute atomic E-state index is 12.7. The second-order valence-electron chi connectivity index (χ2n) is 7.64. The third-order valence-corrected chi connectivity index (χ3v) is 6.29. The summed E-state index contributed by atoms with van der Waals surface area (Å²) in [6.45, 7) is 0. The molecule has 0 atom stereocenters. The number of aromatic nitrogens is 4. The average Bonchev–Trinajstić information content (AvgIpc) is 3.58. The van der Waals surface area contributed by atoms with Crippen molar-refractivity contribution in [3.05, 3.63) is 91.2 Å². The van der Waals surface area contributed by atoms with Gasteiger partial charge in [-0.2, -0.15) is 9.78 Å². The van der Waals surface area contributed by atoms with E-state index in [-0.39, 0.29) is 17.2 Å². The van der Waals surface area contributed by atoms with E-state index in [0.29, 0.717) is 29.1 Å². The lowest BCUT2D eigenvalue weighted by Crippen LogP contribution is -2.20. The Morgan fingerprint density at radius 2 is 2.06 bits per heavy atom. The molecule has 0 aliphatic heterocycles. The van der Waals surface area contributed by atoms with Crippen LogP contribution in [-0.2, 0) is 17.6 Å². The number of non-ortho nitro benzene ring substituents is 1. The van der Waals surface area contributed by atoms with E-state index in [2.05, 4.69) is 20.4 Å². The molecule has 170 valence electrons. The number of hydrogen-bond donors (Lipinski definition) is 2. The Hall–Kier alpha value is -4.38. The number of carbonyl (C=O) groups is 1. The minimum Gasteiger partial charge on any atom is -0.307 e. The van der Waals surface area contributed by atoms with E-state index >= 15 is 0 Å². The number of anilines is 1. The van der Waals surface area contributed by atoms with Gasteiger partial charge < -0.3 is 5.32 Å². The molecule has 10 nitrogen and oxygen atoms in total. The van der Waals surface area contributed by atoms with Crippen LogP contribution in [0.5, 0.6) is 0 Å². The lowest BCUT2D eigenvalue weighted by Gasteiger charge is -2.08. The number of H-pyrrole nitrogens is 1. The van der Waals surface area contributed by atoms with Crippen LogP contribution in [0, 0.1) is 10.1 Å². The van der Waals surface area contributed by atoms with Gasteiger partial charge in [-0.1, -0.05) is 6.07 Å². The highest BCUT2D eigenvalue weighted by Gasteiger charge is 2.20. The lowest BCUT2D eigenvalue weighted by molar-refractivity contribution is -0.384. The van der Waals surface area contributed by atoms with E-state index in [4.69, 9.17) is 0 Å². The van der Waals surface area contributed by atoms with Crippen molar-refractivity contribution in [1.82, 2.24) is 19.7 Å². The second-order valence-corrected chi connectivity index (χ2v) is 8.59. The van der Waals surface area contributed by atoms with Gasteiger partial charge in [0.1, 0.15) is 11.5 Å². The first kappa shape index (κ1) is 21.5. The Labute approximate surface area is 196 Å². The molecule has 0 saturated carbocycles. The predicted molar refractivity (Wildman–Crippen MR) is 128 cm³/mol. The fourth-order valence-corrected chi connectivity index (χ4v) is 4.43. The van der Waals surface area contributed by atoms with Gasteiger partial charge in [-0.15, -0.1) is 11.3 Å². The van der Waals surface area contributed by atoms with Crippen LogP contribution in [0.25, 0.3) is 22.6 Å². The Balaban J connectivity index is 1.45. The summed E-state index contributed by atoms with van der Waals surface area (Å²) < 4.78 is 1.42. The van der Waals surface area contributed by atoms with Crippen molar-refractivity contribution in [3.63, 3.8) is 0 Å². The molecule has 0 spiro atoms. The molecule has 4 aromatic rings. The van der Waals surface area contributed by atoms with Gasteiger partial charge in [-0.25, -0.2) is 4.98 Å². The van der Waals surface area contributed by atoms with Crippen LogP contribution in [0.1, 0.15) is 23.2 Å². The van der Waals surface area contributed by atoms with E-state index < -0.39 is 10.8 Å². The largest absolute Gasteiger partial charge is 0.307 e.